The number of likely N-dealkylation sites (N-methyl/N-ethyl adjacent to an activating group) is 2. The maximum atomic E-state index is 12.1. The van der Waals surface area contributed by atoms with E-state index < -0.39 is 30.1 Å². The minimum absolute atomic E-state index is 0.159. The number of hydrogen-bond acceptors (Lipinski definition) is 6. The van der Waals surface area contributed by atoms with Crippen LogP contribution in [0.15, 0.2) is 12.2 Å². The van der Waals surface area contributed by atoms with Crippen molar-refractivity contribution < 1.29 is 47.8 Å². The number of carboxylic acids is 2. The lowest BCUT2D eigenvalue weighted by Gasteiger charge is -2.28. The number of unbranched alkanes of at least 4 members (excludes halogenated alkanes) is 12. The Labute approximate surface area is 254 Å². The Morgan fingerprint density at radius 3 is 1.38 bits per heavy atom. The summed E-state index contributed by atoms with van der Waals surface area (Å²) in [6.07, 6.45) is 16.3. The van der Waals surface area contributed by atoms with Crippen LogP contribution in [0.5, 0.6) is 0 Å². The minimum atomic E-state index is -0.973. The number of carbonyl (C=O) groups is 4. The fraction of sp³-hybridized carbons (Fsp3) is 0.812. The molecule has 10 heteroatoms. The predicted molar refractivity (Wildman–Crippen MR) is 164 cm³/mol. The molecular formula is C32H60N2O8+2. The molecule has 2 unspecified atom stereocenters. The van der Waals surface area contributed by atoms with Crippen molar-refractivity contribution in [3.63, 3.8) is 0 Å². The molecule has 0 spiro atoms. The lowest BCUT2D eigenvalue weighted by Crippen LogP contribution is -2.43. The molecule has 0 bridgehead atoms. The Bertz CT molecular complexity index is 814. The molecule has 0 aromatic rings. The largest absolute Gasteiger partial charge is 0.481 e. The molecule has 2 atom stereocenters. The van der Waals surface area contributed by atoms with Crippen molar-refractivity contribution in [3.8, 4) is 0 Å². The van der Waals surface area contributed by atoms with Crippen LogP contribution in [0.3, 0.4) is 0 Å². The number of ether oxygens (including phenoxy) is 2. The molecule has 0 saturated carbocycles. The van der Waals surface area contributed by atoms with E-state index in [-0.39, 0.29) is 18.8 Å². The van der Waals surface area contributed by atoms with Crippen molar-refractivity contribution in [1.29, 1.82) is 0 Å². The number of allylic oxidation sites excluding steroid dienone is 1. The highest BCUT2D eigenvalue weighted by molar-refractivity contribution is 5.82. The minimum Gasteiger partial charge on any atom is -0.481 e. The Morgan fingerprint density at radius 1 is 0.595 bits per heavy atom. The number of quaternary nitrogens is 2. The number of esters is 2. The molecule has 0 aliphatic rings. The Hall–Kier alpha value is -2.46. The fourth-order valence-corrected chi connectivity index (χ4v) is 4.83. The van der Waals surface area contributed by atoms with Crippen molar-refractivity contribution in [1.82, 2.24) is 0 Å². The molecular weight excluding hydrogens is 540 g/mol. The smallest absolute Gasteiger partial charge is 0.330 e. The maximum Gasteiger partial charge on any atom is 0.330 e. The predicted octanol–water partition coefficient (Wildman–Crippen LogP) is 5.19. The van der Waals surface area contributed by atoms with E-state index in [1.165, 1.54) is 51.0 Å². The van der Waals surface area contributed by atoms with Crippen LogP contribution in [0.1, 0.15) is 103 Å². The van der Waals surface area contributed by atoms with Crippen LogP contribution in [0.25, 0.3) is 0 Å². The van der Waals surface area contributed by atoms with Gasteiger partial charge in [-0.15, -0.1) is 0 Å². The molecule has 0 aliphatic heterocycles. The molecule has 0 heterocycles. The summed E-state index contributed by atoms with van der Waals surface area (Å²) < 4.78 is 11.8. The summed E-state index contributed by atoms with van der Waals surface area (Å²) >= 11 is 0. The molecule has 0 fully saturated rings. The maximum absolute atomic E-state index is 12.1. The molecule has 0 rings (SSSR count). The van der Waals surface area contributed by atoms with Crippen LogP contribution in [0, 0.1) is 0 Å². The van der Waals surface area contributed by atoms with E-state index in [2.05, 4.69) is 0 Å². The third-order valence-electron chi connectivity index (χ3n) is 6.64. The summed E-state index contributed by atoms with van der Waals surface area (Å²) in [6.45, 7) is 0.922. The van der Waals surface area contributed by atoms with Gasteiger partial charge in [-0.05, 0) is 19.3 Å². The van der Waals surface area contributed by atoms with E-state index in [9.17, 15) is 19.2 Å². The van der Waals surface area contributed by atoms with Crippen molar-refractivity contribution in [2.75, 3.05) is 55.4 Å². The summed E-state index contributed by atoms with van der Waals surface area (Å²) in [6, 6.07) is 0. The van der Waals surface area contributed by atoms with E-state index >= 15 is 0 Å². The van der Waals surface area contributed by atoms with Crippen molar-refractivity contribution in [3.05, 3.63) is 12.2 Å². The first-order valence-corrected chi connectivity index (χ1v) is 15.7. The summed E-state index contributed by atoms with van der Waals surface area (Å²) in [5, 5.41) is 18.1. The Balaban J connectivity index is 3.75. The molecule has 0 aromatic carbocycles. The van der Waals surface area contributed by atoms with E-state index in [0.29, 0.717) is 28.5 Å². The summed E-state index contributed by atoms with van der Waals surface area (Å²) in [7, 11) is 11.6. The second kappa shape index (κ2) is 22.1. The number of aliphatic carboxylic acids is 2. The zero-order chi connectivity index (χ0) is 32.0. The number of carboxylic acid groups (broad SMARTS) is 2. The van der Waals surface area contributed by atoms with Crippen LogP contribution in [0.4, 0.5) is 0 Å². The number of rotatable bonds is 26. The summed E-state index contributed by atoms with van der Waals surface area (Å²) in [4.78, 5) is 46.2. The van der Waals surface area contributed by atoms with Crippen LogP contribution < -0.4 is 0 Å². The van der Waals surface area contributed by atoms with Gasteiger partial charge in [0.2, 0.25) is 0 Å². The summed E-state index contributed by atoms with van der Waals surface area (Å²) in [5.41, 5.74) is 0. The third-order valence-corrected chi connectivity index (χ3v) is 6.64. The molecule has 0 saturated heterocycles. The SMILES string of the molecule is C[N+](C)(C)CC(CC(=O)O)OC(=O)C=CCCCCCCCCCCCCCCC(=O)OC(CC(=O)O)C[N+](C)(C)C. The molecule has 0 aliphatic carbocycles. The van der Waals surface area contributed by atoms with Gasteiger partial charge >= 0.3 is 23.9 Å². The third kappa shape index (κ3) is 27.7. The van der Waals surface area contributed by atoms with Gasteiger partial charge in [-0.2, -0.15) is 0 Å². The van der Waals surface area contributed by atoms with Crippen molar-refractivity contribution >= 4 is 23.9 Å². The van der Waals surface area contributed by atoms with E-state index in [1.807, 2.05) is 48.4 Å². The normalized spacial score (nSPS) is 13.6. The van der Waals surface area contributed by atoms with Gasteiger partial charge in [0.1, 0.15) is 13.1 Å². The highest BCUT2D eigenvalue weighted by Crippen LogP contribution is 2.14. The number of hydrogen-bond donors (Lipinski definition) is 2. The van der Waals surface area contributed by atoms with E-state index in [1.54, 1.807) is 0 Å². The van der Waals surface area contributed by atoms with Gasteiger partial charge in [-0.3, -0.25) is 14.4 Å². The molecule has 0 radical (unpaired) electrons. The van der Waals surface area contributed by atoms with Gasteiger partial charge in [0.05, 0.1) is 55.1 Å². The lowest BCUT2D eigenvalue weighted by molar-refractivity contribution is -0.873. The standard InChI is InChI=1S/C32H58N2O8/c1-33(2,3)25-27(23-29(35)36)41-31(39)21-19-17-15-13-11-9-7-8-10-12-14-16-18-20-22-32(40)42-28(24-30(37)38)26-34(4,5)6/h19,21,27-28H,7-18,20,22-26H2,1-6H3/p+2. The summed E-state index contributed by atoms with van der Waals surface area (Å²) in [5.74, 6) is -2.70. The lowest BCUT2D eigenvalue weighted by atomic mass is 10.0. The van der Waals surface area contributed by atoms with Crippen molar-refractivity contribution in [2.24, 2.45) is 0 Å². The van der Waals surface area contributed by atoms with Crippen LogP contribution in [-0.4, -0.2) is 111 Å². The Kier molecular flexibility index (Phi) is 20.8. The monoisotopic (exact) mass is 600 g/mol. The average molecular weight is 601 g/mol. The fourth-order valence-electron chi connectivity index (χ4n) is 4.83. The van der Waals surface area contributed by atoms with Gasteiger partial charge in [0.15, 0.2) is 12.2 Å². The van der Waals surface area contributed by atoms with E-state index in [0.717, 1.165) is 38.5 Å². The number of carbonyl (C=O) groups excluding carboxylic acids is 2. The van der Waals surface area contributed by atoms with Gasteiger partial charge in [-0.25, -0.2) is 4.79 Å². The molecule has 244 valence electrons. The van der Waals surface area contributed by atoms with Gasteiger partial charge < -0.3 is 28.7 Å². The van der Waals surface area contributed by atoms with Gasteiger partial charge in [-0.1, -0.05) is 70.3 Å². The first kappa shape index (κ1) is 39.5. The Morgan fingerprint density at radius 2 is 0.976 bits per heavy atom. The topological polar surface area (TPSA) is 127 Å². The zero-order valence-corrected chi connectivity index (χ0v) is 27.3. The van der Waals surface area contributed by atoms with Crippen LogP contribution in [0.2, 0.25) is 0 Å². The number of nitrogens with zero attached hydrogens (tertiary/aromatic N) is 2. The molecule has 0 aromatic heterocycles. The van der Waals surface area contributed by atoms with Crippen molar-refractivity contribution in [2.45, 2.75) is 115 Å². The van der Waals surface area contributed by atoms with E-state index in [4.69, 9.17) is 19.7 Å². The van der Waals surface area contributed by atoms with Gasteiger partial charge in [0.25, 0.3) is 0 Å². The van der Waals surface area contributed by atoms with Crippen LogP contribution >= 0.6 is 0 Å². The average Bonchev–Trinajstić information content (AvgIpc) is 2.80. The molecule has 42 heavy (non-hydrogen) atoms. The van der Waals surface area contributed by atoms with Gasteiger partial charge in [0, 0.05) is 12.5 Å². The highest BCUT2D eigenvalue weighted by Gasteiger charge is 2.25. The second-order valence-corrected chi connectivity index (χ2v) is 13.5. The first-order chi connectivity index (χ1) is 19.6. The molecule has 10 nitrogen and oxygen atoms in total. The highest BCUT2D eigenvalue weighted by atomic mass is 16.5. The second-order valence-electron chi connectivity index (χ2n) is 13.5. The molecule has 2 N–H and O–H groups in total. The molecule has 0 amide bonds. The first-order valence-electron chi connectivity index (χ1n) is 15.7. The zero-order valence-electron chi connectivity index (χ0n) is 27.3. The van der Waals surface area contributed by atoms with Crippen LogP contribution in [-0.2, 0) is 28.7 Å². The quantitative estimate of drug-likeness (QED) is 0.0601.